The van der Waals surface area contributed by atoms with E-state index >= 15 is 0 Å². The van der Waals surface area contributed by atoms with Crippen molar-refractivity contribution in [2.24, 2.45) is 5.92 Å². The Morgan fingerprint density at radius 2 is 2.00 bits per heavy atom. The summed E-state index contributed by atoms with van der Waals surface area (Å²) >= 11 is 0. The van der Waals surface area contributed by atoms with Gasteiger partial charge in [0.15, 0.2) is 6.29 Å². The predicted molar refractivity (Wildman–Crippen MR) is 37.0 cm³/mol. The highest BCUT2D eigenvalue weighted by molar-refractivity contribution is 5.02. The van der Waals surface area contributed by atoms with Crippen molar-refractivity contribution in [1.29, 1.82) is 0 Å². The van der Waals surface area contributed by atoms with Gasteiger partial charge in [-0.2, -0.15) is 0 Å². The average Bonchev–Trinajstić information content (AvgIpc) is 2.07. The first kappa shape index (κ1) is 8.40. The molecule has 0 aromatic rings. The molecule has 5 nitrogen and oxygen atoms in total. The van der Waals surface area contributed by atoms with Crippen molar-refractivity contribution < 1.29 is 24.8 Å². The molecular weight excluding hydrogens is 164 g/mol. The van der Waals surface area contributed by atoms with Crippen LogP contribution in [0.3, 0.4) is 0 Å². The van der Waals surface area contributed by atoms with Gasteiger partial charge in [0.2, 0.25) is 5.79 Å². The Kier molecular flexibility index (Phi) is 1.68. The van der Waals surface area contributed by atoms with E-state index in [4.69, 9.17) is 14.6 Å². The summed E-state index contributed by atoms with van der Waals surface area (Å²) in [5.74, 6) is -1.62. The molecule has 2 bridgehead atoms. The van der Waals surface area contributed by atoms with E-state index in [-0.39, 0.29) is 5.92 Å². The summed E-state index contributed by atoms with van der Waals surface area (Å²) < 4.78 is 10.1. The van der Waals surface area contributed by atoms with Gasteiger partial charge in [0.05, 0.1) is 6.10 Å². The first-order valence-electron chi connectivity index (χ1n) is 3.93. The topological polar surface area (TPSA) is 79.2 Å². The Hall–Kier alpha value is -0.200. The van der Waals surface area contributed by atoms with Crippen molar-refractivity contribution in [3.05, 3.63) is 0 Å². The molecule has 3 fully saturated rings. The molecule has 0 saturated carbocycles. The van der Waals surface area contributed by atoms with E-state index in [2.05, 4.69) is 0 Å². The third kappa shape index (κ3) is 0.800. The molecule has 0 radical (unpaired) electrons. The van der Waals surface area contributed by atoms with Crippen molar-refractivity contribution in [2.45, 2.75) is 31.2 Å². The van der Waals surface area contributed by atoms with Crippen LogP contribution in [0.2, 0.25) is 0 Å². The molecule has 0 amide bonds. The zero-order chi connectivity index (χ0) is 8.93. The summed E-state index contributed by atoms with van der Waals surface area (Å²) in [7, 11) is 0. The fraction of sp³-hybridized carbons (Fsp3) is 1.00. The number of fused-ring (bicyclic) bond motifs is 2. The maximum atomic E-state index is 9.45. The average molecular weight is 176 g/mol. The van der Waals surface area contributed by atoms with Gasteiger partial charge >= 0.3 is 0 Å². The van der Waals surface area contributed by atoms with Crippen LogP contribution in [0, 0.1) is 5.92 Å². The van der Waals surface area contributed by atoms with Gasteiger partial charge in [0, 0.05) is 5.92 Å². The Morgan fingerprint density at radius 3 is 2.50 bits per heavy atom. The first-order valence-corrected chi connectivity index (χ1v) is 3.93. The molecule has 5 atom stereocenters. The lowest BCUT2D eigenvalue weighted by Crippen LogP contribution is -2.75. The Balaban J connectivity index is 2.15. The van der Waals surface area contributed by atoms with Crippen LogP contribution in [-0.4, -0.2) is 46.2 Å². The van der Waals surface area contributed by atoms with Crippen LogP contribution in [0.1, 0.15) is 6.92 Å². The molecule has 5 heteroatoms. The second-order valence-corrected chi connectivity index (χ2v) is 3.36. The third-order valence-corrected chi connectivity index (χ3v) is 2.61. The summed E-state index contributed by atoms with van der Waals surface area (Å²) in [5, 5.41) is 27.6. The summed E-state index contributed by atoms with van der Waals surface area (Å²) in [6, 6.07) is 0. The number of aliphatic hydroxyl groups is 3. The van der Waals surface area contributed by atoms with Crippen molar-refractivity contribution in [3.63, 3.8) is 0 Å². The van der Waals surface area contributed by atoms with E-state index in [1.54, 1.807) is 6.92 Å². The van der Waals surface area contributed by atoms with Crippen molar-refractivity contribution in [2.75, 3.05) is 6.61 Å². The number of rotatable bonds is 1. The van der Waals surface area contributed by atoms with E-state index in [1.165, 1.54) is 0 Å². The van der Waals surface area contributed by atoms with Crippen molar-refractivity contribution in [3.8, 4) is 0 Å². The van der Waals surface area contributed by atoms with Gasteiger partial charge in [0.25, 0.3) is 0 Å². The van der Waals surface area contributed by atoms with Crippen LogP contribution in [0.5, 0.6) is 0 Å². The molecule has 0 aliphatic carbocycles. The standard InChI is InChI=1S/C7H12O5/c1-3-4-5(9)7(2-8,11-4)12-6(3)10/h3-6,8-10H,2H2,1H3/t3?,4?,5-,6+,7?/m0/s1. The summed E-state index contributed by atoms with van der Waals surface area (Å²) in [5.41, 5.74) is 0. The fourth-order valence-electron chi connectivity index (χ4n) is 1.68. The van der Waals surface area contributed by atoms with Crippen LogP contribution in [0.25, 0.3) is 0 Å². The van der Waals surface area contributed by atoms with Gasteiger partial charge in [-0.15, -0.1) is 0 Å². The Labute approximate surface area is 69.5 Å². The van der Waals surface area contributed by atoms with Gasteiger partial charge in [-0.25, -0.2) is 0 Å². The number of aliphatic hydroxyl groups excluding tert-OH is 3. The Bertz CT molecular complexity index is 196. The molecule has 0 aromatic carbocycles. The van der Waals surface area contributed by atoms with Crippen LogP contribution < -0.4 is 0 Å². The smallest absolute Gasteiger partial charge is 0.223 e. The molecular formula is C7H12O5. The summed E-state index contributed by atoms with van der Waals surface area (Å²) in [6.45, 7) is 1.29. The van der Waals surface area contributed by atoms with Crippen LogP contribution in [0.15, 0.2) is 0 Å². The van der Waals surface area contributed by atoms with Crippen LogP contribution >= 0.6 is 0 Å². The van der Waals surface area contributed by atoms with Gasteiger partial charge in [-0.05, 0) is 0 Å². The molecule has 0 aromatic heterocycles. The molecule has 3 N–H and O–H groups in total. The summed E-state index contributed by atoms with van der Waals surface area (Å²) in [4.78, 5) is 0. The fourth-order valence-corrected chi connectivity index (χ4v) is 1.68. The van der Waals surface area contributed by atoms with Crippen molar-refractivity contribution >= 4 is 0 Å². The third-order valence-electron chi connectivity index (χ3n) is 2.61. The number of hydrogen-bond donors (Lipinski definition) is 3. The zero-order valence-electron chi connectivity index (χ0n) is 6.67. The maximum absolute atomic E-state index is 9.45. The number of hydrogen-bond acceptors (Lipinski definition) is 5. The minimum absolute atomic E-state index is 0.256. The minimum Gasteiger partial charge on any atom is -0.391 e. The molecule has 3 saturated heterocycles. The quantitative estimate of drug-likeness (QED) is 0.449. The number of ether oxygens (including phenoxy) is 2. The normalized spacial score (nSPS) is 58.0. The molecule has 3 heterocycles. The Morgan fingerprint density at radius 1 is 1.33 bits per heavy atom. The lowest BCUT2D eigenvalue weighted by molar-refractivity contribution is -0.490. The van der Waals surface area contributed by atoms with Crippen LogP contribution in [-0.2, 0) is 9.47 Å². The van der Waals surface area contributed by atoms with Gasteiger partial charge in [-0.1, -0.05) is 6.92 Å². The molecule has 3 rings (SSSR count). The summed E-state index contributed by atoms with van der Waals surface area (Å²) in [6.07, 6.45) is -2.21. The lowest BCUT2D eigenvalue weighted by atomic mass is 9.84. The molecule has 12 heavy (non-hydrogen) atoms. The second kappa shape index (κ2) is 2.40. The lowest BCUT2D eigenvalue weighted by Gasteiger charge is -2.58. The first-order chi connectivity index (χ1) is 5.60. The zero-order valence-corrected chi connectivity index (χ0v) is 6.67. The predicted octanol–water partition coefficient (Wildman–Crippen LogP) is -1.58. The molecule has 3 unspecified atom stereocenters. The van der Waals surface area contributed by atoms with E-state index in [9.17, 15) is 10.2 Å². The van der Waals surface area contributed by atoms with E-state index in [0.29, 0.717) is 0 Å². The van der Waals surface area contributed by atoms with Crippen LogP contribution in [0.4, 0.5) is 0 Å². The van der Waals surface area contributed by atoms with E-state index in [1.807, 2.05) is 0 Å². The second-order valence-electron chi connectivity index (χ2n) is 3.36. The minimum atomic E-state index is -1.36. The molecule has 3 aliphatic rings. The molecule has 70 valence electrons. The highest BCUT2D eigenvalue weighted by Gasteiger charge is 2.64. The van der Waals surface area contributed by atoms with Gasteiger partial charge < -0.3 is 24.8 Å². The maximum Gasteiger partial charge on any atom is 0.223 e. The largest absolute Gasteiger partial charge is 0.391 e. The highest BCUT2D eigenvalue weighted by Crippen LogP contribution is 2.45. The van der Waals surface area contributed by atoms with Gasteiger partial charge in [-0.3, -0.25) is 0 Å². The van der Waals surface area contributed by atoms with E-state index in [0.717, 1.165) is 0 Å². The highest BCUT2D eigenvalue weighted by atomic mass is 16.8. The SMILES string of the molecule is CC1C2OC(CO)(O[C@H]1O)[C@H]2O. The van der Waals surface area contributed by atoms with Gasteiger partial charge in [0.1, 0.15) is 12.7 Å². The molecule has 3 aliphatic heterocycles. The van der Waals surface area contributed by atoms with E-state index < -0.39 is 30.9 Å². The monoisotopic (exact) mass is 176 g/mol. The molecule has 0 spiro atoms. The van der Waals surface area contributed by atoms with Crippen molar-refractivity contribution in [1.82, 2.24) is 0 Å².